The number of carbonyl (C=O) groups is 1. The van der Waals surface area contributed by atoms with Crippen molar-refractivity contribution in [3.63, 3.8) is 0 Å². The fourth-order valence-electron chi connectivity index (χ4n) is 3.30. The van der Waals surface area contributed by atoms with Gasteiger partial charge in [-0.3, -0.25) is 4.79 Å². The van der Waals surface area contributed by atoms with Crippen LogP contribution in [0.2, 0.25) is 0 Å². The lowest BCUT2D eigenvalue weighted by atomic mass is 9.87. The van der Waals surface area contributed by atoms with E-state index in [1.807, 2.05) is 53.3 Å². The molecule has 0 saturated carbocycles. The van der Waals surface area contributed by atoms with Crippen LogP contribution in [0.25, 0.3) is 0 Å². The lowest BCUT2D eigenvalue weighted by Gasteiger charge is -2.24. The molecule has 0 aliphatic carbocycles. The Morgan fingerprint density at radius 2 is 2.04 bits per heavy atom. The molecule has 3 aromatic rings. The minimum atomic E-state index is -0.0108. The molecule has 25 heavy (non-hydrogen) atoms. The van der Waals surface area contributed by atoms with Crippen molar-refractivity contribution >= 4 is 11.7 Å². The third-order valence-electron chi connectivity index (χ3n) is 4.56. The van der Waals surface area contributed by atoms with Crippen molar-refractivity contribution in [2.45, 2.75) is 18.9 Å². The van der Waals surface area contributed by atoms with Crippen LogP contribution < -0.4 is 10.1 Å². The first kappa shape index (κ1) is 15.4. The van der Waals surface area contributed by atoms with E-state index in [1.165, 1.54) is 0 Å². The smallest absolute Gasteiger partial charge is 0.226 e. The van der Waals surface area contributed by atoms with Gasteiger partial charge in [0.25, 0.3) is 0 Å². The molecule has 4 rings (SSSR count). The van der Waals surface area contributed by atoms with Gasteiger partial charge in [-0.05, 0) is 23.3 Å². The molecule has 0 spiro atoms. The van der Waals surface area contributed by atoms with Crippen LogP contribution in [0.5, 0.6) is 5.75 Å². The van der Waals surface area contributed by atoms with Crippen molar-refractivity contribution in [3.8, 4) is 5.75 Å². The zero-order valence-electron chi connectivity index (χ0n) is 14.0. The van der Waals surface area contributed by atoms with Crippen molar-refractivity contribution in [2.75, 3.05) is 12.4 Å². The molecule has 1 aromatic heterocycles. The van der Waals surface area contributed by atoms with Crippen LogP contribution >= 0.6 is 0 Å². The van der Waals surface area contributed by atoms with Gasteiger partial charge in [0.2, 0.25) is 5.91 Å². The summed E-state index contributed by atoms with van der Waals surface area (Å²) < 4.78 is 7.18. The Morgan fingerprint density at radius 3 is 2.84 bits per heavy atom. The summed E-state index contributed by atoms with van der Waals surface area (Å²) in [7, 11) is 1.65. The summed E-state index contributed by atoms with van der Waals surface area (Å²) in [5, 5.41) is 7.50. The van der Waals surface area contributed by atoms with Gasteiger partial charge in [-0.1, -0.05) is 42.5 Å². The van der Waals surface area contributed by atoms with E-state index in [2.05, 4.69) is 22.5 Å². The van der Waals surface area contributed by atoms with Crippen LogP contribution in [0.4, 0.5) is 5.82 Å². The maximum atomic E-state index is 12.3. The first-order valence-electron chi connectivity index (χ1n) is 8.28. The van der Waals surface area contributed by atoms with Crippen LogP contribution in [-0.4, -0.2) is 22.8 Å². The molecular formula is C20H19N3O2. The molecule has 1 amide bonds. The van der Waals surface area contributed by atoms with Crippen molar-refractivity contribution < 1.29 is 9.53 Å². The SMILES string of the molecule is COc1cccc(C2CC(=O)Nc3c2cnn3Cc2ccccc2)c1. The number of nitrogens with zero attached hydrogens (tertiary/aromatic N) is 2. The predicted molar refractivity (Wildman–Crippen MR) is 95.9 cm³/mol. The fourth-order valence-corrected chi connectivity index (χ4v) is 3.30. The zero-order chi connectivity index (χ0) is 17.2. The van der Waals surface area contributed by atoms with Gasteiger partial charge in [-0.15, -0.1) is 0 Å². The summed E-state index contributed by atoms with van der Waals surface area (Å²) in [5.74, 6) is 1.58. The number of hydrogen-bond donors (Lipinski definition) is 1. The van der Waals surface area contributed by atoms with Crippen LogP contribution in [0.3, 0.4) is 0 Å². The molecular weight excluding hydrogens is 314 g/mol. The van der Waals surface area contributed by atoms with E-state index in [9.17, 15) is 4.79 Å². The molecule has 1 atom stereocenters. The summed E-state index contributed by atoms with van der Waals surface area (Å²) in [4.78, 5) is 12.3. The standard InChI is InChI=1S/C20H19N3O2/c1-25-16-9-5-8-15(10-16)17-11-19(24)22-20-18(17)12-21-23(20)13-14-6-3-2-4-7-14/h2-10,12,17H,11,13H2,1H3,(H,22,24). The number of fused-ring (bicyclic) bond motifs is 1. The molecule has 1 N–H and O–H groups in total. The second-order valence-corrected chi connectivity index (χ2v) is 6.17. The van der Waals surface area contributed by atoms with E-state index >= 15 is 0 Å². The third kappa shape index (κ3) is 3.01. The first-order valence-corrected chi connectivity index (χ1v) is 8.28. The van der Waals surface area contributed by atoms with E-state index in [0.29, 0.717) is 13.0 Å². The van der Waals surface area contributed by atoms with Gasteiger partial charge < -0.3 is 10.1 Å². The van der Waals surface area contributed by atoms with Crippen LogP contribution in [0.15, 0.2) is 60.8 Å². The molecule has 1 aliphatic rings. The number of hydrogen-bond acceptors (Lipinski definition) is 3. The molecule has 2 aromatic carbocycles. The number of amides is 1. The maximum Gasteiger partial charge on any atom is 0.226 e. The minimum absolute atomic E-state index is 0.00938. The van der Waals surface area contributed by atoms with E-state index in [0.717, 1.165) is 28.3 Å². The van der Waals surface area contributed by atoms with Crippen molar-refractivity contribution in [1.82, 2.24) is 9.78 Å². The average molecular weight is 333 g/mol. The lowest BCUT2D eigenvalue weighted by Crippen LogP contribution is -2.25. The fraction of sp³-hybridized carbons (Fsp3) is 0.200. The lowest BCUT2D eigenvalue weighted by molar-refractivity contribution is -0.116. The minimum Gasteiger partial charge on any atom is -0.497 e. The van der Waals surface area contributed by atoms with Gasteiger partial charge in [0.15, 0.2) is 0 Å². The Hall–Kier alpha value is -3.08. The number of carbonyl (C=O) groups excluding carboxylic acids is 1. The third-order valence-corrected chi connectivity index (χ3v) is 4.56. The summed E-state index contributed by atoms with van der Waals surface area (Å²) in [6, 6.07) is 18.0. The van der Waals surface area contributed by atoms with Gasteiger partial charge in [0.05, 0.1) is 19.9 Å². The van der Waals surface area contributed by atoms with Crippen LogP contribution in [-0.2, 0) is 11.3 Å². The molecule has 0 saturated heterocycles. The second-order valence-electron chi connectivity index (χ2n) is 6.17. The van der Waals surface area contributed by atoms with Crippen LogP contribution in [0, 0.1) is 0 Å². The number of methoxy groups -OCH3 is 1. The molecule has 0 radical (unpaired) electrons. The summed E-state index contributed by atoms with van der Waals surface area (Å²) >= 11 is 0. The second kappa shape index (κ2) is 6.43. The quantitative estimate of drug-likeness (QED) is 0.796. The maximum absolute atomic E-state index is 12.3. The number of anilines is 1. The molecule has 1 aliphatic heterocycles. The number of rotatable bonds is 4. The van der Waals surface area contributed by atoms with Gasteiger partial charge >= 0.3 is 0 Å². The van der Waals surface area contributed by atoms with Gasteiger partial charge in [-0.2, -0.15) is 5.10 Å². The van der Waals surface area contributed by atoms with Gasteiger partial charge in [0.1, 0.15) is 11.6 Å². The highest BCUT2D eigenvalue weighted by Gasteiger charge is 2.30. The highest BCUT2D eigenvalue weighted by molar-refractivity contribution is 5.94. The Kier molecular flexibility index (Phi) is 3.98. The number of aromatic nitrogens is 2. The van der Waals surface area contributed by atoms with E-state index in [-0.39, 0.29) is 11.8 Å². The molecule has 126 valence electrons. The summed E-state index contributed by atoms with van der Waals surface area (Å²) in [6.07, 6.45) is 2.28. The van der Waals surface area contributed by atoms with E-state index in [4.69, 9.17) is 4.74 Å². The molecule has 0 fully saturated rings. The van der Waals surface area contributed by atoms with Crippen molar-refractivity contribution in [2.24, 2.45) is 0 Å². The Balaban J connectivity index is 1.71. The highest BCUT2D eigenvalue weighted by atomic mass is 16.5. The monoisotopic (exact) mass is 333 g/mol. The Morgan fingerprint density at radius 1 is 1.20 bits per heavy atom. The van der Waals surface area contributed by atoms with Gasteiger partial charge in [0, 0.05) is 17.9 Å². The summed E-state index contributed by atoms with van der Waals surface area (Å²) in [5.41, 5.74) is 3.25. The molecule has 1 unspecified atom stereocenters. The van der Waals surface area contributed by atoms with Crippen molar-refractivity contribution in [1.29, 1.82) is 0 Å². The van der Waals surface area contributed by atoms with E-state index in [1.54, 1.807) is 7.11 Å². The normalized spacial score (nSPS) is 16.2. The number of benzene rings is 2. The Labute approximate surface area is 146 Å². The summed E-state index contributed by atoms with van der Waals surface area (Å²) in [6.45, 7) is 0.626. The first-order chi connectivity index (χ1) is 12.2. The molecule has 0 bridgehead atoms. The topological polar surface area (TPSA) is 56.1 Å². The zero-order valence-corrected chi connectivity index (χ0v) is 14.0. The molecule has 5 heteroatoms. The Bertz CT molecular complexity index is 902. The molecule has 2 heterocycles. The number of nitrogens with one attached hydrogen (secondary N) is 1. The van der Waals surface area contributed by atoms with Crippen molar-refractivity contribution in [3.05, 3.63) is 77.5 Å². The van der Waals surface area contributed by atoms with Crippen LogP contribution in [0.1, 0.15) is 29.0 Å². The number of ether oxygens (including phenoxy) is 1. The molecule has 5 nitrogen and oxygen atoms in total. The highest BCUT2D eigenvalue weighted by Crippen LogP contribution is 2.38. The van der Waals surface area contributed by atoms with Gasteiger partial charge in [-0.25, -0.2) is 4.68 Å². The van der Waals surface area contributed by atoms with E-state index < -0.39 is 0 Å². The predicted octanol–water partition coefficient (Wildman–Crippen LogP) is 3.41. The largest absolute Gasteiger partial charge is 0.497 e. The average Bonchev–Trinajstić information content (AvgIpc) is 3.04.